The van der Waals surface area contributed by atoms with Crippen LogP contribution in [0.1, 0.15) is 51.9 Å². The van der Waals surface area contributed by atoms with Crippen LogP contribution in [0.5, 0.6) is 0 Å². The van der Waals surface area contributed by atoms with Gasteiger partial charge in [0.2, 0.25) is 5.91 Å². The Morgan fingerprint density at radius 2 is 2.07 bits per heavy atom. The van der Waals surface area contributed by atoms with E-state index in [2.05, 4.69) is 11.8 Å². The lowest BCUT2D eigenvalue weighted by atomic mass is 9.83. The van der Waals surface area contributed by atoms with Crippen molar-refractivity contribution >= 4 is 5.91 Å². The molecule has 2 aliphatic rings. The van der Waals surface area contributed by atoms with E-state index in [1.54, 1.807) is 0 Å². The Labute approximate surface area is 93.0 Å². The highest BCUT2D eigenvalue weighted by Gasteiger charge is 2.31. The van der Waals surface area contributed by atoms with E-state index in [0.717, 1.165) is 31.8 Å². The minimum atomic E-state index is 0.394. The van der Waals surface area contributed by atoms with Crippen molar-refractivity contribution in [2.45, 2.75) is 51.9 Å². The van der Waals surface area contributed by atoms with Gasteiger partial charge in [-0.1, -0.05) is 19.8 Å². The normalized spacial score (nSPS) is 27.5. The third-order valence-electron chi connectivity index (χ3n) is 3.98. The largest absolute Gasteiger partial charge is 0.342 e. The standard InChI is InChI=1S/C13H23NO/c1-2-5-11-6-4-9-14(10-11)13(15)12-7-3-8-12/h11-12H,2-10H2,1H3. The Balaban J connectivity index is 1.83. The molecule has 0 aromatic carbocycles. The number of hydrogen-bond donors (Lipinski definition) is 0. The number of piperidine rings is 1. The molecule has 0 N–H and O–H groups in total. The fourth-order valence-electron chi connectivity index (χ4n) is 2.82. The van der Waals surface area contributed by atoms with Gasteiger partial charge >= 0.3 is 0 Å². The summed E-state index contributed by atoms with van der Waals surface area (Å²) in [5, 5.41) is 0. The summed E-state index contributed by atoms with van der Waals surface area (Å²) in [6.07, 6.45) is 8.68. The average Bonchev–Trinajstić information content (AvgIpc) is 2.16. The van der Waals surface area contributed by atoms with Crippen molar-refractivity contribution in [2.24, 2.45) is 11.8 Å². The van der Waals surface area contributed by atoms with Crippen molar-refractivity contribution in [1.82, 2.24) is 4.90 Å². The van der Waals surface area contributed by atoms with Crippen LogP contribution in [0.4, 0.5) is 0 Å². The van der Waals surface area contributed by atoms with E-state index in [1.165, 1.54) is 32.1 Å². The van der Waals surface area contributed by atoms with E-state index < -0.39 is 0 Å². The predicted octanol–water partition coefficient (Wildman–Crippen LogP) is 2.83. The second-order valence-corrected chi connectivity index (χ2v) is 5.21. The molecule has 1 aliphatic carbocycles. The molecule has 1 unspecified atom stereocenters. The topological polar surface area (TPSA) is 20.3 Å². The first-order valence-corrected chi connectivity index (χ1v) is 6.60. The zero-order valence-corrected chi connectivity index (χ0v) is 9.87. The number of carbonyl (C=O) groups excluding carboxylic acids is 1. The van der Waals surface area contributed by atoms with Gasteiger partial charge in [-0.3, -0.25) is 4.79 Å². The van der Waals surface area contributed by atoms with Crippen molar-refractivity contribution in [3.8, 4) is 0 Å². The van der Waals surface area contributed by atoms with E-state index in [0.29, 0.717) is 11.8 Å². The number of nitrogens with zero attached hydrogens (tertiary/aromatic N) is 1. The molecule has 0 radical (unpaired) electrons. The van der Waals surface area contributed by atoms with Crippen LogP contribution in [0, 0.1) is 11.8 Å². The van der Waals surface area contributed by atoms with Gasteiger partial charge in [0.15, 0.2) is 0 Å². The fourth-order valence-corrected chi connectivity index (χ4v) is 2.82. The van der Waals surface area contributed by atoms with Crippen molar-refractivity contribution in [2.75, 3.05) is 13.1 Å². The van der Waals surface area contributed by atoms with E-state index in [1.807, 2.05) is 0 Å². The third kappa shape index (κ3) is 2.53. The predicted molar refractivity (Wildman–Crippen MR) is 61.6 cm³/mol. The van der Waals surface area contributed by atoms with Gasteiger partial charge in [0, 0.05) is 19.0 Å². The summed E-state index contributed by atoms with van der Waals surface area (Å²) >= 11 is 0. The summed E-state index contributed by atoms with van der Waals surface area (Å²) in [6, 6.07) is 0. The number of hydrogen-bond acceptors (Lipinski definition) is 1. The summed E-state index contributed by atoms with van der Waals surface area (Å²) in [5.41, 5.74) is 0. The quantitative estimate of drug-likeness (QED) is 0.700. The second kappa shape index (κ2) is 5.00. The molecule has 0 aromatic heterocycles. The Morgan fingerprint density at radius 3 is 2.67 bits per heavy atom. The van der Waals surface area contributed by atoms with Gasteiger partial charge in [-0.2, -0.15) is 0 Å². The lowest BCUT2D eigenvalue weighted by molar-refractivity contribution is -0.140. The molecule has 2 heteroatoms. The third-order valence-corrected chi connectivity index (χ3v) is 3.98. The van der Waals surface area contributed by atoms with Crippen LogP contribution in [0.25, 0.3) is 0 Å². The van der Waals surface area contributed by atoms with E-state index in [9.17, 15) is 4.79 Å². The fraction of sp³-hybridized carbons (Fsp3) is 0.923. The molecule has 0 aromatic rings. The molecule has 1 saturated carbocycles. The molecule has 1 heterocycles. The highest BCUT2D eigenvalue weighted by molar-refractivity contribution is 5.79. The Bertz CT molecular complexity index is 221. The SMILES string of the molecule is CCCC1CCCN(C(=O)C2CCC2)C1. The maximum atomic E-state index is 12.1. The molecule has 0 bridgehead atoms. The first-order valence-electron chi connectivity index (χ1n) is 6.60. The van der Waals surface area contributed by atoms with Gasteiger partial charge in [-0.15, -0.1) is 0 Å². The number of likely N-dealkylation sites (tertiary alicyclic amines) is 1. The summed E-state index contributed by atoms with van der Waals surface area (Å²) in [7, 11) is 0. The van der Waals surface area contributed by atoms with Crippen LogP contribution < -0.4 is 0 Å². The molecular weight excluding hydrogens is 186 g/mol. The summed E-state index contributed by atoms with van der Waals surface area (Å²) < 4.78 is 0. The number of amides is 1. The average molecular weight is 209 g/mol. The number of rotatable bonds is 3. The molecule has 1 atom stereocenters. The molecule has 2 rings (SSSR count). The molecule has 2 nitrogen and oxygen atoms in total. The second-order valence-electron chi connectivity index (χ2n) is 5.21. The van der Waals surface area contributed by atoms with Gasteiger partial charge in [0.25, 0.3) is 0 Å². The van der Waals surface area contributed by atoms with Gasteiger partial charge < -0.3 is 4.90 Å². The zero-order valence-electron chi connectivity index (χ0n) is 9.87. The molecule has 0 spiro atoms. The van der Waals surface area contributed by atoms with Crippen LogP contribution in [-0.4, -0.2) is 23.9 Å². The van der Waals surface area contributed by atoms with Crippen LogP contribution in [0.15, 0.2) is 0 Å². The minimum Gasteiger partial charge on any atom is -0.342 e. The Hall–Kier alpha value is -0.530. The van der Waals surface area contributed by atoms with Crippen molar-refractivity contribution in [1.29, 1.82) is 0 Å². The molecule has 1 saturated heterocycles. The maximum absolute atomic E-state index is 12.1. The van der Waals surface area contributed by atoms with Crippen LogP contribution >= 0.6 is 0 Å². The number of carbonyl (C=O) groups is 1. The Kier molecular flexibility index (Phi) is 3.66. The molecular formula is C13H23NO. The maximum Gasteiger partial charge on any atom is 0.225 e. The van der Waals surface area contributed by atoms with Crippen LogP contribution in [0.2, 0.25) is 0 Å². The molecule has 86 valence electrons. The molecule has 15 heavy (non-hydrogen) atoms. The monoisotopic (exact) mass is 209 g/mol. The van der Waals surface area contributed by atoms with Gasteiger partial charge in [0.05, 0.1) is 0 Å². The summed E-state index contributed by atoms with van der Waals surface area (Å²) in [6.45, 7) is 4.31. The van der Waals surface area contributed by atoms with Gasteiger partial charge in [-0.05, 0) is 38.0 Å². The van der Waals surface area contributed by atoms with Crippen molar-refractivity contribution in [3.05, 3.63) is 0 Å². The minimum absolute atomic E-state index is 0.394. The van der Waals surface area contributed by atoms with E-state index >= 15 is 0 Å². The van der Waals surface area contributed by atoms with Crippen molar-refractivity contribution in [3.63, 3.8) is 0 Å². The summed E-state index contributed by atoms with van der Waals surface area (Å²) in [4.78, 5) is 14.2. The molecule has 1 aliphatic heterocycles. The lowest BCUT2D eigenvalue weighted by Gasteiger charge is -2.37. The van der Waals surface area contributed by atoms with E-state index in [4.69, 9.17) is 0 Å². The van der Waals surface area contributed by atoms with Crippen LogP contribution in [0.3, 0.4) is 0 Å². The highest BCUT2D eigenvalue weighted by atomic mass is 16.2. The first kappa shape index (κ1) is 11.0. The lowest BCUT2D eigenvalue weighted by Crippen LogP contribution is -2.44. The first-order chi connectivity index (χ1) is 7.31. The zero-order chi connectivity index (χ0) is 10.7. The van der Waals surface area contributed by atoms with Crippen molar-refractivity contribution < 1.29 is 4.79 Å². The smallest absolute Gasteiger partial charge is 0.225 e. The van der Waals surface area contributed by atoms with Gasteiger partial charge in [-0.25, -0.2) is 0 Å². The van der Waals surface area contributed by atoms with E-state index in [-0.39, 0.29) is 0 Å². The Morgan fingerprint density at radius 1 is 1.27 bits per heavy atom. The summed E-state index contributed by atoms with van der Waals surface area (Å²) in [5.74, 6) is 1.64. The van der Waals surface area contributed by atoms with Crippen LogP contribution in [-0.2, 0) is 4.79 Å². The molecule has 2 fully saturated rings. The van der Waals surface area contributed by atoms with Gasteiger partial charge in [0.1, 0.15) is 0 Å². The highest BCUT2D eigenvalue weighted by Crippen LogP contribution is 2.30. The molecule has 1 amide bonds.